The van der Waals surface area contributed by atoms with E-state index in [1.165, 1.54) is 6.07 Å². The zero-order chi connectivity index (χ0) is 28.4. The number of pyridine rings is 1. The Labute approximate surface area is 224 Å². The summed E-state index contributed by atoms with van der Waals surface area (Å²) in [7, 11) is 0. The van der Waals surface area contributed by atoms with Crippen LogP contribution in [0.4, 0.5) is 18.9 Å². The first-order chi connectivity index (χ1) is 18.4. The van der Waals surface area contributed by atoms with E-state index in [0.29, 0.717) is 22.7 Å². The van der Waals surface area contributed by atoms with Gasteiger partial charge >= 0.3 is 12.1 Å². The van der Waals surface area contributed by atoms with Crippen molar-refractivity contribution in [2.75, 3.05) is 18.5 Å². The van der Waals surface area contributed by atoms with Crippen LogP contribution in [0, 0.1) is 5.92 Å². The van der Waals surface area contributed by atoms with E-state index in [1.807, 2.05) is 10.9 Å². The lowest BCUT2D eigenvalue weighted by Gasteiger charge is -2.28. The van der Waals surface area contributed by atoms with Crippen LogP contribution in [-0.2, 0) is 26.0 Å². The average Bonchev–Trinajstić information content (AvgIpc) is 3.30. The fraction of sp³-hybridized carbons (Fsp3) is 0.500. The number of benzene rings is 1. The SMILES string of the molecule is CCOC(=O)COC(C)(C)c1cc2nn([C@H]3CC[C@H](C)CC3)cc2cc1NC(=O)c1cccc(C(F)(F)F)n1. The minimum atomic E-state index is -4.69. The third-order valence-electron chi connectivity index (χ3n) is 7.05. The number of nitrogens with zero attached hydrogens (tertiary/aromatic N) is 3. The quantitative estimate of drug-likeness (QED) is 0.335. The van der Waals surface area contributed by atoms with Gasteiger partial charge in [-0.25, -0.2) is 9.78 Å². The summed E-state index contributed by atoms with van der Waals surface area (Å²) in [5, 5.41) is 8.26. The Hall–Kier alpha value is -3.47. The zero-order valence-electron chi connectivity index (χ0n) is 22.5. The van der Waals surface area contributed by atoms with E-state index in [0.717, 1.165) is 43.2 Å². The lowest BCUT2D eigenvalue weighted by atomic mass is 9.87. The molecule has 11 heteroatoms. The number of nitrogens with one attached hydrogen (secondary N) is 1. The summed E-state index contributed by atoms with van der Waals surface area (Å²) in [4.78, 5) is 28.5. The van der Waals surface area contributed by atoms with Crippen molar-refractivity contribution >= 4 is 28.5 Å². The molecule has 0 radical (unpaired) electrons. The number of carbonyl (C=O) groups excluding carboxylic acids is 2. The van der Waals surface area contributed by atoms with Crippen molar-refractivity contribution in [1.29, 1.82) is 0 Å². The summed E-state index contributed by atoms with van der Waals surface area (Å²) >= 11 is 0. The van der Waals surface area contributed by atoms with Crippen LogP contribution in [0.2, 0.25) is 0 Å². The van der Waals surface area contributed by atoms with Crippen LogP contribution in [0.15, 0.2) is 36.5 Å². The minimum Gasteiger partial charge on any atom is -0.464 e. The molecule has 210 valence electrons. The number of carbonyl (C=O) groups is 2. The number of rotatable bonds is 8. The molecule has 39 heavy (non-hydrogen) atoms. The van der Waals surface area contributed by atoms with Crippen LogP contribution < -0.4 is 5.32 Å². The van der Waals surface area contributed by atoms with Gasteiger partial charge in [0.15, 0.2) is 0 Å². The van der Waals surface area contributed by atoms with Crippen LogP contribution in [-0.4, -0.2) is 39.9 Å². The Bertz CT molecular complexity index is 1340. The van der Waals surface area contributed by atoms with E-state index in [2.05, 4.69) is 17.2 Å². The van der Waals surface area contributed by atoms with Gasteiger partial charge in [0.1, 0.15) is 18.0 Å². The van der Waals surface area contributed by atoms with Gasteiger partial charge in [-0.3, -0.25) is 9.48 Å². The van der Waals surface area contributed by atoms with Crippen molar-refractivity contribution in [3.63, 3.8) is 0 Å². The van der Waals surface area contributed by atoms with Crippen molar-refractivity contribution < 1.29 is 32.2 Å². The number of hydrogen-bond acceptors (Lipinski definition) is 6. The van der Waals surface area contributed by atoms with Crippen molar-refractivity contribution in [3.05, 3.63) is 53.5 Å². The molecule has 2 heterocycles. The van der Waals surface area contributed by atoms with Crippen molar-refractivity contribution in [2.45, 2.75) is 71.2 Å². The molecule has 0 unspecified atom stereocenters. The number of aromatic nitrogens is 3. The first kappa shape index (κ1) is 28.5. The van der Waals surface area contributed by atoms with Crippen LogP contribution in [0.25, 0.3) is 10.9 Å². The number of alkyl halides is 3. The van der Waals surface area contributed by atoms with Gasteiger partial charge in [-0.2, -0.15) is 18.3 Å². The molecule has 0 atom stereocenters. The molecule has 8 nitrogen and oxygen atoms in total. The zero-order valence-corrected chi connectivity index (χ0v) is 22.5. The Morgan fingerprint density at radius 2 is 1.85 bits per heavy atom. The monoisotopic (exact) mass is 546 g/mol. The van der Waals surface area contributed by atoms with Crippen LogP contribution in [0.5, 0.6) is 0 Å². The lowest BCUT2D eigenvalue weighted by Crippen LogP contribution is -2.28. The summed E-state index contributed by atoms with van der Waals surface area (Å²) in [5.41, 5.74) is -1.14. The molecule has 0 spiro atoms. The average molecular weight is 547 g/mol. The standard InChI is InChI=1S/C28H33F3N4O4/c1-5-38-25(36)16-39-27(3,4)20-14-22-18(15-35(34-22)19-11-9-17(2)10-12-19)13-23(20)33-26(37)21-7-6-8-24(32-21)28(29,30)31/h6-8,13-15,17,19H,5,9-12,16H2,1-4H3,(H,33,37)/t17-,19-. The van der Waals surface area contributed by atoms with Crippen molar-refractivity contribution in [3.8, 4) is 0 Å². The van der Waals surface area contributed by atoms with E-state index in [1.54, 1.807) is 32.9 Å². The maximum absolute atomic E-state index is 13.2. The molecule has 0 aliphatic heterocycles. The molecule has 2 aromatic heterocycles. The Morgan fingerprint density at radius 1 is 1.13 bits per heavy atom. The Morgan fingerprint density at radius 3 is 2.51 bits per heavy atom. The highest BCUT2D eigenvalue weighted by Crippen LogP contribution is 2.37. The second-order valence-corrected chi connectivity index (χ2v) is 10.4. The van der Waals surface area contributed by atoms with E-state index in [4.69, 9.17) is 14.6 Å². The highest BCUT2D eigenvalue weighted by Gasteiger charge is 2.33. The molecule has 3 aromatic rings. The third-order valence-corrected chi connectivity index (χ3v) is 7.05. The molecule has 1 saturated carbocycles. The number of amides is 1. The topological polar surface area (TPSA) is 95.3 Å². The lowest BCUT2D eigenvalue weighted by molar-refractivity contribution is -0.154. The largest absolute Gasteiger partial charge is 0.464 e. The number of ether oxygens (including phenoxy) is 2. The van der Waals surface area contributed by atoms with Crippen molar-refractivity contribution in [1.82, 2.24) is 14.8 Å². The Balaban J connectivity index is 1.70. The Kier molecular flexibility index (Phi) is 8.29. The molecule has 0 bridgehead atoms. The normalized spacial score (nSPS) is 18.2. The molecule has 1 amide bonds. The maximum Gasteiger partial charge on any atom is 0.433 e. The van der Waals surface area contributed by atoms with Crippen LogP contribution >= 0.6 is 0 Å². The number of fused-ring (bicyclic) bond motifs is 1. The van der Waals surface area contributed by atoms with Gasteiger partial charge in [-0.05, 0) is 76.6 Å². The smallest absolute Gasteiger partial charge is 0.433 e. The molecule has 4 rings (SSSR count). The molecular weight excluding hydrogens is 513 g/mol. The first-order valence-corrected chi connectivity index (χ1v) is 13.1. The molecule has 0 saturated heterocycles. The van der Waals surface area contributed by atoms with Gasteiger partial charge in [-0.15, -0.1) is 0 Å². The number of anilines is 1. The summed E-state index contributed by atoms with van der Waals surface area (Å²) in [5.74, 6) is -0.667. The predicted molar refractivity (Wildman–Crippen MR) is 139 cm³/mol. The summed E-state index contributed by atoms with van der Waals surface area (Å²) in [6, 6.07) is 6.92. The van der Waals surface area contributed by atoms with Crippen LogP contribution in [0.1, 0.15) is 81.2 Å². The van der Waals surface area contributed by atoms with Gasteiger partial charge in [-0.1, -0.05) is 13.0 Å². The molecular formula is C28H33F3N4O4. The van der Waals surface area contributed by atoms with E-state index in [9.17, 15) is 22.8 Å². The molecule has 1 N–H and O–H groups in total. The highest BCUT2D eigenvalue weighted by molar-refractivity contribution is 6.04. The molecule has 1 aliphatic rings. The van der Waals surface area contributed by atoms with Gasteiger partial charge < -0.3 is 14.8 Å². The molecule has 1 aliphatic carbocycles. The number of esters is 1. The van der Waals surface area contributed by atoms with Gasteiger partial charge in [0.2, 0.25) is 0 Å². The predicted octanol–water partition coefficient (Wildman–Crippen LogP) is 6.27. The third kappa shape index (κ3) is 6.76. The second kappa shape index (κ2) is 11.3. The van der Waals surface area contributed by atoms with Gasteiger partial charge in [0.05, 0.1) is 23.8 Å². The first-order valence-electron chi connectivity index (χ1n) is 13.1. The second-order valence-electron chi connectivity index (χ2n) is 10.4. The summed E-state index contributed by atoms with van der Waals surface area (Å²) in [6.07, 6.45) is 1.50. The van der Waals surface area contributed by atoms with E-state index < -0.39 is 29.3 Å². The molecule has 1 fully saturated rings. The summed E-state index contributed by atoms with van der Waals surface area (Å²) in [6.45, 7) is 7.27. The van der Waals surface area contributed by atoms with Crippen LogP contribution in [0.3, 0.4) is 0 Å². The van der Waals surface area contributed by atoms with Crippen molar-refractivity contribution in [2.24, 2.45) is 5.92 Å². The van der Waals surface area contributed by atoms with Gasteiger partial charge in [0.25, 0.3) is 5.91 Å². The number of halogens is 3. The van der Waals surface area contributed by atoms with E-state index >= 15 is 0 Å². The number of hydrogen-bond donors (Lipinski definition) is 1. The molecule has 1 aromatic carbocycles. The van der Waals surface area contributed by atoms with Gasteiger partial charge in [0, 0.05) is 22.8 Å². The summed E-state index contributed by atoms with van der Waals surface area (Å²) < 4.78 is 52.3. The fourth-order valence-electron chi connectivity index (χ4n) is 4.81. The van der Waals surface area contributed by atoms with E-state index in [-0.39, 0.29) is 24.9 Å². The highest BCUT2D eigenvalue weighted by atomic mass is 19.4. The minimum absolute atomic E-state index is 0.206. The fourth-order valence-corrected chi connectivity index (χ4v) is 4.81. The maximum atomic E-state index is 13.2.